The minimum absolute atomic E-state index is 0.355. The molecular formula is C16H26N2O2. The quantitative estimate of drug-likeness (QED) is 0.828. The summed E-state index contributed by atoms with van der Waals surface area (Å²) in [5.41, 5.74) is 1.31. The van der Waals surface area contributed by atoms with Crippen molar-refractivity contribution < 1.29 is 9.47 Å². The zero-order valence-corrected chi connectivity index (χ0v) is 12.6. The molecule has 0 amide bonds. The van der Waals surface area contributed by atoms with Crippen LogP contribution in [0.2, 0.25) is 0 Å². The zero-order valence-electron chi connectivity index (χ0n) is 12.6. The van der Waals surface area contributed by atoms with Gasteiger partial charge in [0.15, 0.2) is 0 Å². The van der Waals surface area contributed by atoms with E-state index in [0.717, 1.165) is 51.6 Å². The first-order valence-electron chi connectivity index (χ1n) is 7.53. The molecule has 1 atom stereocenters. The third kappa shape index (κ3) is 4.47. The highest BCUT2D eigenvalue weighted by atomic mass is 16.5. The first-order valence-corrected chi connectivity index (χ1v) is 7.53. The summed E-state index contributed by atoms with van der Waals surface area (Å²) in [5, 5.41) is 3.40. The summed E-state index contributed by atoms with van der Waals surface area (Å²) in [4.78, 5) is 2.45. The average molecular weight is 278 g/mol. The van der Waals surface area contributed by atoms with E-state index in [9.17, 15) is 0 Å². The third-order valence-corrected chi connectivity index (χ3v) is 3.65. The van der Waals surface area contributed by atoms with Gasteiger partial charge in [-0.15, -0.1) is 0 Å². The zero-order chi connectivity index (χ0) is 14.2. The maximum atomic E-state index is 5.63. The van der Waals surface area contributed by atoms with Crippen LogP contribution in [-0.2, 0) is 4.74 Å². The predicted octanol–water partition coefficient (Wildman–Crippen LogP) is 2.07. The Morgan fingerprint density at radius 2 is 1.95 bits per heavy atom. The fourth-order valence-corrected chi connectivity index (χ4v) is 2.42. The fourth-order valence-electron chi connectivity index (χ4n) is 2.42. The van der Waals surface area contributed by atoms with Crippen LogP contribution in [0.4, 0.5) is 0 Å². The number of rotatable bonds is 7. The smallest absolute Gasteiger partial charge is 0.119 e. The van der Waals surface area contributed by atoms with Crippen LogP contribution >= 0.6 is 0 Å². The number of hydrogen-bond donors (Lipinski definition) is 1. The normalized spacial score (nSPS) is 17.9. The fraction of sp³-hybridized carbons (Fsp3) is 0.625. The molecule has 4 heteroatoms. The number of nitrogens with one attached hydrogen (secondary N) is 1. The summed E-state index contributed by atoms with van der Waals surface area (Å²) in [5.74, 6) is 0.955. The number of likely N-dealkylation sites (N-methyl/N-ethyl adjacent to an activating group) is 1. The van der Waals surface area contributed by atoms with Gasteiger partial charge < -0.3 is 14.8 Å². The van der Waals surface area contributed by atoms with Crippen LogP contribution in [0.15, 0.2) is 24.3 Å². The Hall–Kier alpha value is -1.10. The summed E-state index contributed by atoms with van der Waals surface area (Å²) < 4.78 is 11.0. The number of hydrogen-bond acceptors (Lipinski definition) is 4. The van der Waals surface area contributed by atoms with Crippen molar-refractivity contribution >= 4 is 0 Å². The van der Waals surface area contributed by atoms with Crippen LogP contribution in [0.25, 0.3) is 0 Å². The first-order chi connectivity index (χ1) is 9.83. The molecule has 1 heterocycles. The highest BCUT2D eigenvalue weighted by Crippen LogP contribution is 2.19. The molecule has 1 aromatic rings. The highest BCUT2D eigenvalue weighted by Gasteiger charge is 2.16. The van der Waals surface area contributed by atoms with Gasteiger partial charge in [0.05, 0.1) is 19.8 Å². The average Bonchev–Trinajstić information content (AvgIpc) is 2.52. The van der Waals surface area contributed by atoms with Crippen LogP contribution in [0.5, 0.6) is 5.75 Å². The SMILES string of the molecule is CCCOc1ccc(C(CN2CCOCC2)NC)cc1. The number of nitrogens with zero attached hydrogens (tertiary/aromatic N) is 1. The van der Waals surface area contributed by atoms with E-state index in [1.165, 1.54) is 5.56 Å². The van der Waals surface area contributed by atoms with E-state index in [2.05, 4.69) is 41.4 Å². The Morgan fingerprint density at radius 3 is 2.55 bits per heavy atom. The summed E-state index contributed by atoms with van der Waals surface area (Å²) in [7, 11) is 2.02. The van der Waals surface area contributed by atoms with Crippen LogP contribution < -0.4 is 10.1 Å². The highest BCUT2D eigenvalue weighted by molar-refractivity contribution is 5.29. The first kappa shape index (κ1) is 15.3. The van der Waals surface area contributed by atoms with Crippen LogP contribution in [0.3, 0.4) is 0 Å². The van der Waals surface area contributed by atoms with Crippen molar-refractivity contribution in [3.8, 4) is 5.75 Å². The molecule has 0 aliphatic carbocycles. The minimum Gasteiger partial charge on any atom is -0.494 e. The molecular weight excluding hydrogens is 252 g/mol. The second kappa shape index (κ2) is 8.25. The molecule has 0 radical (unpaired) electrons. The van der Waals surface area contributed by atoms with Gasteiger partial charge in [-0.05, 0) is 31.2 Å². The van der Waals surface area contributed by atoms with Crippen molar-refractivity contribution in [3.05, 3.63) is 29.8 Å². The molecule has 2 rings (SSSR count). The van der Waals surface area contributed by atoms with Crippen molar-refractivity contribution in [3.63, 3.8) is 0 Å². The molecule has 112 valence electrons. The second-order valence-corrected chi connectivity index (χ2v) is 5.17. The van der Waals surface area contributed by atoms with Gasteiger partial charge in [-0.25, -0.2) is 0 Å². The van der Waals surface area contributed by atoms with E-state index in [0.29, 0.717) is 6.04 Å². The standard InChI is InChI=1S/C16H26N2O2/c1-3-10-20-15-6-4-14(5-7-15)16(17-2)13-18-8-11-19-12-9-18/h4-7,16-17H,3,8-13H2,1-2H3. The molecule has 1 N–H and O–H groups in total. The lowest BCUT2D eigenvalue weighted by atomic mass is 10.1. The molecule has 1 aliphatic heterocycles. The van der Waals surface area contributed by atoms with Gasteiger partial charge in [0.1, 0.15) is 5.75 Å². The maximum Gasteiger partial charge on any atom is 0.119 e. The van der Waals surface area contributed by atoms with Crippen LogP contribution in [-0.4, -0.2) is 51.4 Å². The van der Waals surface area contributed by atoms with Gasteiger partial charge >= 0.3 is 0 Å². The van der Waals surface area contributed by atoms with Gasteiger partial charge in [0, 0.05) is 25.7 Å². The Labute approximate surface area is 122 Å². The molecule has 0 aromatic heterocycles. The van der Waals surface area contributed by atoms with Gasteiger partial charge in [-0.3, -0.25) is 4.90 Å². The van der Waals surface area contributed by atoms with Gasteiger partial charge in [0.25, 0.3) is 0 Å². The maximum absolute atomic E-state index is 5.63. The van der Waals surface area contributed by atoms with E-state index >= 15 is 0 Å². The van der Waals surface area contributed by atoms with Crippen molar-refractivity contribution in [2.45, 2.75) is 19.4 Å². The van der Waals surface area contributed by atoms with Crippen molar-refractivity contribution in [2.75, 3.05) is 46.5 Å². The number of ether oxygens (including phenoxy) is 2. The van der Waals surface area contributed by atoms with Gasteiger partial charge in [0.2, 0.25) is 0 Å². The van der Waals surface area contributed by atoms with Crippen molar-refractivity contribution in [1.82, 2.24) is 10.2 Å². The van der Waals surface area contributed by atoms with E-state index < -0.39 is 0 Å². The van der Waals surface area contributed by atoms with Crippen LogP contribution in [0.1, 0.15) is 24.9 Å². The second-order valence-electron chi connectivity index (χ2n) is 5.17. The largest absolute Gasteiger partial charge is 0.494 e. The monoisotopic (exact) mass is 278 g/mol. The predicted molar refractivity (Wildman–Crippen MR) is 81.3 cm³/mol. The summed E-state index contributed by atoms with van der Waals surface area (Å²) in [6.45, 7) is 7.66. The molecule has 20 heavy (non-hydrogen) atoms. The number of benzene rings is 1. The molecule has 0 spiro atoms. The lowest BCUT2D eigenvalue weighted by molar-refractivity contribution is 0.0338. The van der Waals surface area contributed by atoms with Crippen LogP contribution in [0, 0.1) is 0 Å². The molecule has 0 saturated carbocycles. The lowest BCUT2D eigenvalue weighted by Gasteiger charge is -2.30. The van der Waals surface area contributed by atoms with E-state index in [1.807, 2.05) is 7.05 Å². The van der Waals surface area contributed by atoms with Crippen molar-refractivity contribution in [1.29, 1.82) is 0 Å². The molecule has 1 aromatic carbocycles. The summed E-state index contributed by atoms with van der Waals surface area (Å²) in [6.07, 6.45) is 1.04. The van der Waals surface area contributed by atoms with Gasteiger partial charge in [-0.1, -0.05) is 19.1 Å². The molecule has 4 nitrogen and oxygen atoms in total. The Morgan fingerprint density at radius 1 is 1.25 bits per heavy atom. The molecule has 1 unspecified atom stereocenters. The Kier molecular flexibility index (Phi) is 6.30. The van der Waals surface area contributed by atoms with Gasteiger partial charge in [-0.2, -0.15) is 0 Å². The molecule has 1 aliphatic rings. The Bertz CT molecular complexity index is 375. The lowest BCUT2D eigenvalue weighted by Crippen LogP contribution is -2.41. The minimum atomic E-state index is 0.355. The summed E-state index contributed by atoms with van der Waals surface area (Å²) in [6, 6.07) is 8.80. The molecule has 0 bridgehead atoms. The molecule has 1 saturated heterocycles. The van der Waals surface area contributed by atoms with E-state index in [4.69, 9.17) is 9.47 Å². The third-order valence-electron chi connectivity index (χ3n) is 3.65. The summed E-state index contributed by atoms with van der Waals surface area (Å²) >= 11 is 0. The Balaban J connectivity index is 1.92. The number of morpholine rings is 1. The van der Waals surface area contributed by atoms with E-state index in [1.54, 1.807) is 0 Å². The molecule has 1 fully saturated rings. The topological polar surface area (TPSA) is 33.7 Å². The van der Waals surface area contributed by atoms with Crippen molar-refractivity contribution in [2.24, 2.45) is 0 Å². The van der Waals surface area contributed by atoms with E-state index in [-0.39, 0.29) is 0 Å².